The third-order valence-corrected chi connectivity index (χ3v) is 5.50. The van der Waals surface area contributed by atoms with Gasteiger partial charge in [0, 0.05) is 34.6 Å². The van der Waals surface area contributed by atoms with Gasteiger partial charge < -0.3 is 19.4 Å². The number of aromatic amines is 1. The number of aromatic nitrogens is 3. The number of carbonyl (C=O) groups is 1. The number of ether oxygens (including phenoxy) is 2. The van der Waals surface area contributed by atoms with Gasteiger partial charge in [0.25, 0.3) is 0 Å². The summed E-state index contributed by atoms with van der Waals surface area (Å²) in [4.78, 5) is 26.9. The smallest absolute Gasteiger partial charge is 0.233 e. The Labute approximate surface area is 162 Å². The minimum absolute atomic E-state index is 0.0586. The third-order valence-electron chi connectivity index (χ3n) is 5.50. The fraction of sp³-hybridized carbons (Fsp3) is 0.381. The van der Waals surface area contributed by atoms with Crippen LogP contribution in [-0.2, 0) is 20.7 Å². The van der Waals surface area contributed by atoms with Gasteiger partial charge in [-0.2, -0.15) is 0 Å². The summed E-state index contributed by atoms with van der Waals surface area (Å²) in [5, 5.41) is 1.10. The van der Waals surface area contributed by atoms with Crippen LogP contribution in [0.5, 0.6) is 0 Å². The molecule has 144 valence electrons. The van der Waals surface area contributed by atoms with E-state index >= 15 is 0 Å². The van der Waals surface area contributed by atoms with Crippen molar-refractivity contribution >= 4 is 22.6 Å². The molecule has 7 nitrogen and oxygen atoms in total. The number of pyridine rings is 2. The Morgan fingerprint density at radius 1 is 1.29 bits per heavy atom. The first kappa shape index (κ1) is 17.3. The van der Waals surface area contributed by atoms with Gasteiger partial charge in [-0.1, -0.05) is 0 Å². The van der Waals surface area contributed by atoms with E-state index in [1.165, 1.54) is 0 Å². The van der Waals surface area contributed by atoms with Crippen molar-refractivity contribution < 1.29 is 14.3 Å². The zero-order chi connectivity index (χ0) is 19.3. The van der Waals surface area contributed by atoms with Crippen molar-refractivity contribution in [2.75, 3.05) is 31.3 Å². The van der Waals surface area contributed by atoms with Crippen molar-refractivity contribution in [3.05, 3.63) is 41.5 Å². The number of H-pyrrole nitrogens is 1. The third kappa shape index (κ3) is 2.87. The predicted octanol–water partition coefficient (Wildman–Crippen LogP) is 2.55. The monoisotopic (exact) mass is 378 g/mol. The number of aryl methyl sites for hydroxylation is 2. The maximum Gasteiger partial charge on any atom is 0.233 e. The van der Waals surface area contributed by atoms with Gasteiger partial charge in [-0.15, -0.1) is 0 Å². The summed E-state index contributed by atoms with van der Waals surface area (Å²) < 4.78 is 11.2. The molecule has 28 heavy (non-hydrogen) atoms. The highest BCUT2D eigenvalue weighted by Crippen LogP contribution is 2.35. The largest absolute Gasteiger partial charge is 0.376 e. The molecule has 1 N–H and O–H groups in total. The van der Waals surface area contributed by atoms with Crippen LogP contribution in [0.1, 0.15) is 17.0 Å². The molecule has 2 aliphatic heterocycles. The molecule has 0 radical (unpaired) electrons. The zero-order valence-corrected chi connectivity index (χ0v) is 16.0. The van der Waals surface area contributed by atoms with E-state index < -0.39 is 0 Å². The highest BCUT2D eigenvalue weighted by molar-refractivity contribution is 6.01. The molecule has 0 saturated carbocycles. The summed E-state index contributed by atoms with van der Waals surface area (Å²) in [5.74, 6) is 0.0586. The summed E-state index contributed by atoms with van der Waals surface area (Å²) >= 11 is 0. The molecule has 3 aromatic heterocycles. The summed E-state index contributed by atoms with van der Waals surface area (Å²) in [7, 11) is 0. The average molecular weight is 378 g/mol. The predicted molar refractivity (Wildman–Crippen MR) is 105 cm³/mol. The van der Waals surface area contributed by atoms with Crippen LogP contribution >= 0.6 is 0 Å². The second-order valence-corrected chi connectivity index (χ2v) is 7.43. The van der Waals surface area contributed by atoms with E-state index in [0.29, 0.717) is 32.8 Å². The Morgan fingerprint density at radius 3 is 3.00 bits per heavy atom. The Balaban J connectivity index is 1.53. The highest BCUT2D eigenvalue weighted by Gasteiger charge is 2.32. The van der Waals surface area contributed by atoms with Crippen LogP contribution in [-0.4, -0.2) is 53.3 Å². The maximum absolute atomic E-state index is 12.6. The van der Waals surface area contributed by atoms with Crippen molar-refractivity contribution in [3.8, 4) is 11.1 Å². The molecule has 0 bridgehead atoms. The first-order chi connectivity index (χ1) is 13.6. The first-order valence-electron chi connectivity index (χ1n) is 9.54. The van der Waals surface area contributed by atoms with Crippen molar-refractivity contribution in [2.45, 2.75) is 26.4 Å². The number of nitrogens with one attached hydrogen (secondary N) is 1. The minimum atomic E-state index is -0.103. The zero-order valence-electron chi connectivity index (χ0n) is 16.0. The lowest BCUT2D eigenvalue weighted by Gasteiger charge is -2.27. The average Bonchev–Trinajstić information content (AvgIpc) is 3.21. The van der Waals surface area contributed by atoms with E-state index in [2.05, 4.69) is 29.0 Å². The molecule has 1 saturated heterocycles. The Kier molecular flexibility index (Phi) is 4.14. The van der Waals surface area contributed by atoms with E-state index in [9.17, 15) is 4.79 Å². The lowest BCUT2D eigenvalue weighted by Crippen LogP contribution is -2.41. The van der Waals surface area contributed by atoms with Gasteiger partial charge in [0.2, 0.25) is 5.91 Å². The fourth-order valence-corrected chi connectivity index (χ4v) is 4.00. The molecule has 2 aliphatic rings. The highest BCUT2D eigenvalue weighted by atomic mass is 16.6. The second-order valence-electron chi connectivity index (χ2n) is 7.43. The van der Waals surface area contributed by atoms with E-state index in [1.54, 1.807) is 4.90 Å². The Hall–Kier alpha value is -2.77. The number of carbonyl (C=O) groups excluding carboxylic acids is 1. The summed E-state index contributed by atoms with van der Waals surface area (Å²) in [6.45, 7) is 6.22. The topological polar surface area (TPSA) is 80.3 Å². The molecule has 3 aromatic rings. The molecule has 0 unspecified atom stereocenters. The summed E-state index contributed by atoms with van der Waals surface area (Å²) in [6, 6.07) is 4.20. The normalized spacial score (nSPS) is 19.4. The van der Waals surface area contributed by atoms with Crippen molar-refractivity contribution in [2.24, 2.45) is 0 Å². The molecule has 0 spiro atoms. The van der Waals surface area contributed by atoms with Crippen molar-refractivity contribution in [1.82, 2.24) is 15.0 Å². The molecule has 7 heteroatoms. The fourth-order valence-electron chi connectivity index (χ4n) is 4.00. The van der Waals surface area contributed by atoms with E-state index in [4.69, 9.17) is 14.5 Å². The SMILES string of the molecule is Cc1nc2c(cc1-c1cnc3[nH]cc(C)c3c1)N(C[C@H]1COCCO1)C(=O)C2. The van der Waals surface area contributed by atoms with E-state index in [-0.39, 0.29) is 12.0 Å². The van der Waals surface area contributed by atoms with Gasteiger partial charge in [-0.3, -0.25) is 9.78 Å². The number of anilines is 1. The van der Waals surface area contributed by atoms with Gasteiger partial charge in [-0.25, -0.2) is 4.98 Å². The molecule has 0 aliphatic carbocycles. The van der Waals surface area contributed by atoms with Gasteiger partial charge in [0.1, 0.15) is 5.65 Å². The number of hydrogen-bond acceptors (Lipinski definition) is 5. The number of rotatable bonds is 3. The number of hydrogen-bond donors (Lipinski definition) is 1. The Bertz CT molecular complexity index is 1070. The van der Waals surface area contributed by atoms with Crippen LogP contribution < -0.4 is 4.90 Å². The van der Waals surface area contributed by atoms with Gasteiger partial charge >= 0.3 is 0 Å². The summed E-state index contributed by atoms with van der Waals surface area (Å²) in [6.07, 6.45) is 4.04. The lowest BCUT2D eigenvalue weighted by molar-refractivity contribution is -0.119. The van der Waals surface area contributed by atoms with Crippen molar-refractivity contribution in [3.63, 3.8) is 0 Å². The van der Waals surface area contributed by atoms with Gasteiger partial charge in [-0.05, 0) is 31.5 Å². The first-order valence-corrected chi connectivity index (χ1v) is 9.54. The molecule has 5 heterocycles. The molecule has 1 atom stereocenters. The quantitative estimate of drug-likeness (QED) is 0.758. The van der Waals surface area contributed by atoms with Crippen LogP contribution in [0.4, 0.5) is 5.69 Å². The van der Waals surface area contributed by atoms with Crippen LogP contribution in [0.25, 0.3) is 22.2 Å². The minimum Gasteiger partial charge on any atom is -0.376 e. The lowest BCUT2D eigenvalue weighted by atomic mass is 10.0. The van der Waals surface area contributed by atoms with E-state index in [0.717, 1.165) is 44.8 Å². The van der Waals surface area contributed by atoms with Crippen LogP contribution in [0.15, 0.2) is 24.5 Å². The number of fused-ring (bicyclic) bond motifs is 2. The van der Waals surface area contributed by atoms with Crippen LogP contribution in [0.2, 0.25) is 0 Å². The number of amides is 1. The number of nitrogens with zero attached hydrogens (tertiary/aromatic N) is 3. The van der Waals surface area contributed by atoms with E-state index in [1.807, 2.05) is 19.3 Å². The van der Waals surface area contributed by atoms with Crippen molar-refractivity contribution in [1.29, 1.82) is 0 Å². The summed E-state index contributed by atoms with van der Waals surface area (Å²) in [5.41, 5.74) is 6.62. The molecule has 1 amide bonds. The molecule has 1 fully saturated rings. The second kappa shape index (κ2) is 6.68. The van der Waals surface area contributed by atoms with Crippen LogP contribution in [0, 0.1) is 13.8 Å². The van der Waals surface area contributed by atoms with Crippen LogP contribution in [0.3, 0.4) is 0 Å². The molecular formula is C21H22N4O3. The molecule has 0 aromatic carbocycles. The van der Waals surface area contributed by atoms with Gasteiger partial charge in [0.15, 0.2) is 0 Å². The molecular weight excluding hydrogens is 356 g/mol. The maximum atomic E-state index is 12.6. The molecule has 5 rings (SSSR count). The standard InChI is InChI=1S/C21H22N4O3/c1-12-8-22-21-16(12)5-14(9-23-21)17-6-19-18(24-13(17)2)7-20(26)25(19)10-15-11-27-3-4-28-15/h5-6,8-9,15H,3-4,7,10-11H2,1-2H3,(H,22,23)/t15-/m0/s1. The Morgan fingerprint density at radius 2 is 2.18 bits per heavy atom. The van der Waals surface area contributed by atoms with Gasteiger partial charge in [0.05, 0.1) is 50.3 Å².